The maximum atomic E-state index is 12.5. The number of anilines is 1. The molecule has 0 bridgehead atoms. The van der Waals surface area contributed by atoms with Crippen LogP contribution in [-0.4, -0.2) is 30.7 Å². The van der Waals surface area contributed by atoms with Crippen LogP contribution < -0.4 is 10.1 Å². The summed E-state index contributed by atoms with van der Waals surface area (Å²) in [4.78, 5) is 24.9. The average molecular weight is 463 g/mol. The van der Waals surface area contributed by atoms with E-state index in [-0.39, 0.29) is 39.4 Å². The van der Waals surface area contributed by atoms with Crippen LogP contribution in [0.15, 0.2) is 34.9 Å². The van der Waals surface area contributed by atoms with Gasteiger partial charge in [0.2, 0.25) is 5.88 Å². The Morgan fingerprint density at radius 1 is 1.06 bits per heavy atom. The number of benzene rings is 2. The largest absolute Gasteiger partial charge is 0.483 e. The van der Waals surface area contributed by atoms with Crippen LogP contribution in [0.3, 0.4) is 0 Å². The van der Waals surface area contributed by atoms with Crippen LogP contribution >= 0.6 is 23.2 Å². The molecular formula is C22H20Cl2N2O5. The summed E-state index contributed by atoms with van der Waals surface area (Å²) in [6, 6.07) is 8.74. The zero-order chi connectivity index (χ0) is 22.7. The van der Waals surface area contributed by atoms with Crippen molar-refractivity contribution in [3.8, 4) is 17.0 Å². The third kappa shape index (κ3) is 4.68. The van der Waals surface area contributed by atoms with E-state index in [4.69, 9.17) is 37.2 Å². The van der Waals surface area contributed by atoms with E-state index in [1.165, 1.54) is 7.11 Å². The summed E-state index contributed by atoms with van der Waals surface area (Å²) >= 11 is 12.5. The van der Waals surface area contributed by atoms with Gasteiger partial charge >= 0.3 is 5.97 Å². The van der Waals surface area contributed by atoms with Crippen molar-refractivity contribution < 1.29 is 23.6 Å². The molecule has 0 fully saturated rings. The lowest BCUT2D eigenvalue weighted by atomic mass is 10.1. The molecule has 0 aliphatic rings. The van der Waals surface area contributed by atoms with Gasteiger partial charge in [0.15, 0.2) is 12.2 Å². The van der Waals surface area contributed by atoms with Crippen LogP contribution in [0.5, 0.6) is 5.75 Å². The molecular weight excluding hydrogens is 443 g/mol. The van der Waals surface area contributed by atoms with Gasteiger partial charge in [-0.25, -0.2) is 4.79 Å². The first-order valence-electron chi connectivity index (χ1n) is 9.26. The van der Waals surface area contributed by atoms with Crippen LogP contribution in [0.4, 0.5) is 5.88 Å². The Hall–Kier alpha value is -3.03. The standard InChI is InChI=1S/C22H20Cl2N2O5/c1-11-8-9-12(2)20(13(11)3)30-10-16(27)25-21-18(22(28)29-4)19(26-31-21)17-14(23)6-5-7-15(17)24/h5-9H,10H2,1-4H3,(H,25,27). The molecule has 0 atom stereocenters. The molecule has 9 heteroatoms. The summed E-state index contributed by atoms with van der Waals surface area (Å²) in [6.45, 7) is 5.47. The maximum Gasteiger partial charge on any atom is 0.345 e. The van der Waals surface area contributed by atoms with E-state index in [9.17, 15) is 9.59 Å². The van der Waals surface area contributed by atoms with E-state index in [0.29, 0.717) is 5.75 Å². The lowest BCUT2D eigenvalue weighted by molar-refractivity contribution is -0.118. The van der Waals surface area contributed by atoms with Gasteiger partial charge in [0.05, 0.1) is 17.2 Å². The molecule has 0 aliphatic heterocycles. The van der Waals surface area contributed by atoms with Crippen molar-refractivity contribution in [2.75, 3.05) is 19.0 Å². The highest BCUT2D eigenvalue weighted by atomic mass is 35.5. The number of nitrogens with one attached hydrogen (secondary N) is 1. The maximum absolute atomic E-state index is 12.5. The third-order valence-electron chi connectivity index (χ3n) is 4.76. The number of ether oxygens (including phenoxy) is 2. The molecule has 0 saturated heterocycles. The molecule has 0 aliphatic carbocycles. The van der Waals surface area contributed by atoms with Gasteiger partial charge in [-0.2, -0.15) is 0 Å². The second-order valence-corrected chi connectivity index (χ2v) is 7.63. The van der Waals surface area contributed by atoms with E-state index < -0.39 is 11.9 Å². The molecule has 0 radical (unpaired) electrons. The zero-order valence-corrected chi connectivity index (χ0v) is 18.9. The summed E-state index contributed by atoms with van der Waals surface area (Å²) in [7, 11) is 1.20. The number of carbonyl (C=O) groups excluding carboxylic acids is 2. The van der Waals surface area contributed by atoms with Gasteiger partial charge in [0.25, 0.3) is 5.91 Å². The number of nitrogens with zero attached hydrogens (tertiary/aromatic N) is 1. The van der Waals surface area contributed by atoms with E-state index in [1.807, 2.05) is 32.9 Å². The number of aromatic nitrogens is 1. The lowest BCUT2D eigenvalue weighted by Crippen LogP contribution is -2.22. The van der Waals surface area contributed by atoms with Gasteiger partial charge < -0.3 is 14.0 Å². The topological polar surface area (TPSA) is 90.7 Å². The van der Waals surface area contributed by atoms with Crippen LogP contribution in [0, 0.1) is 20.8 Å². The molecule has 0 unspecified atom stereocenters. The average Bonchev–Trinajstić information content (AvgIpc) is 3.13. The fourth-order valence-electron chi connectivity index (χ4n) is 3.01. The summed E-state index contributed by atoms with van der Waals surface area (Å²) in [5.74, 6) is -0.874. The normalized spacial score (nSPS) is 10.6. The van der Waals surface area contributed by atoms with Crippen molar-refractivity contribution in [3.05, 3.63) is 62.6 Å². The minimum absolute atomic E-state index is 0.0593. The van der Waals surface area contributed by atoms with Gasteiger partial charge in [-0.15, -0.1) is 0 Å². The van der Waals surface area contributed by atoms with Crippen molar-refractivity contribution in [3.63, 3.8) is 0 Å². The molecule has 0 spiro atoms. The van der Waals surface area contributed by atoms with Gasteiger partial charge in [0, 0.05) is 5.56 Å². The van der Waals surface area contributed by atoms with Gasteiger partial charge in [-0.1, -0.05) is 46.6 Å². The lowest BCUT2D eigenvalue weighted by Gasteiger charge is -2.13. The van der Waals surface area contributed by atoms with E-state index in [2.05, 4.69) is 10.5 Å². The number of carbonyl (C=O) groups is 2. The number of amides is 1. The monoisotopic (exact) mass is 462 g/mol. The summed E-state index contributed by atoms with van der Waals surface area (Å²) in [6.07, 6.45) is 0. The minimum Gasteiger partial charge on any atom is -0.483 e. The second kappa shape index (κ2) is 9.41. The first-order valence-corrected chi connectivity index (χ1v) is 10.0. The van der Waals surface area contributed by atoms with Crippen molar-refractivity contribution >= 4 is 41.0 Å². The third-order valence-corrected chi connectivity index (χ3v) is 5.39. The molecule has 7 nitrogen and oxygen atoms in total. The van der Waals surface area contributed by atoms with Crippen molar-refractivity contribution in [1.29, 1.82) is 0 Å². The summed E-state index contributed by atoms with van der Waals surface area (Å²) < 4.78 is 15.7. The number of esters is 1. The molecule has 1 N–H and O–H groups in total. The Kier molecular flexibility index (Phi) is 6.87. The molecule has 3 aromatic rings. The van der Waals surface area contributed by atoms with Crippen LogP contribution in [0.1, 0.15) is 27.0 Å². The van der Waals surface area contributed by atoms with Gasteiger partial charge in [-0.3, -0.25) is 10.1 Å². The second-order valence-electron chi connectivity index (χ2n) is 6.81. The smallest absolute Gasteiger partial charge is 0.345 e. The van der Waals surface area contributed by atoms with Crippen LogP contribution in [0.25, 0.3) is 11.3 Å². The van der Waals surface area contributed by atoms with E-state index in [0.717, 1.165) is 16.7 Å². The molecule has 1 amide bonds. The van der Waals surface area contributed by atoms with Crippen molar-refractivity contribution in [1.82, 2.24) is 5.16 Å². The van der Waals surface area contributed by atoms with E-state index in [1.54, 1.807) is 18.2 Å². The van der Waals surface area contributed by atoms with Gasteiger partial charge in [-0.05, 0) is 49.6 Å². The van der Waals surface area contributed by atoms with Crippen molar-refractivity contribution in [2.24, 2.45) is 0 Å². The molecule has 3 rings (SSSR count). The van der Waals surface area contributed by atoms with Crippen LogP contribution in [0.2, 0.25) is 10.0 Å². The number of halogens is 2. The minimum atomic E-state index is -0.770. The molecule has 1 heterocycles. The molecule has 162 valence electrons. The molecule has 0 saturated carbocycles. The Labute approximate surface area is 189 Å². The number of hydrogen-bond acceptors (Lipinski definition) is 6. The summed E-state index contributed by atoms with van der Waals surface area (Å²) in [5.41, 5.74) is 3.14. The Morgan fingerprint density at radius 3 is 2.35 bits per heavy atom. The predicted octanol–water partition coefficient (Wildman–Crippen LogP) is 5.38. The Balaban J connectivity index is 1.87. The predicted molar refractivity (Wildman–Crippen MR) is 118 cm³/mol. The van der Waals surface area contributed by atoms with Crippen LogP contribution in [-0.2, 0) is 9.53 Å². The number of aryl methyl sites for hydroxylation is 2. The number of rotatable bonds is 6. The molecule has 1 aromatic heterocycles. The highest BCUT2D eigenvalue weighted by Gasteiger charge is 2.28. The van der Waals surface area contributed by atoms with Gasteiger partial charge in [0.1, 0.15) is 11.4 Å². The molecule has 31 heavy (non-hydrogen) atoms. The quantitative estimate of drug-likeness (QED) is 0.494. The number of methoxy groups -OCH3 is 1. The first-order chi connectivity index (χ1) is 14.7. The van der Waals surface area contributed by atoms with E-state index >= 15 is 0 Å². The summed E-state index contributed by atoms with van der Waals surface area (Å²) in [5, 5.41) is 6.91. The Morgan fingerprint density at radius 2 is 1.71 bits per heavy atom. The van der Waals surface area contributed by atoms with Crippen molar-refractivity contribution in [2.45, 2.75) is 20.8 Å². The zero-order valence-electron chi connectivity index (χ0n) is 17.3. The SMILES string of the molecule is COC(=O)c1c(-c2c(Cl)cccc2Cl)noc1NC(=O)COc1c(C)ccc(C)c1C. The fraction of sp³-hybridized carbons (Fsp3) is 0.227. The Bertz CT molecular complexity index is 1140. The number of hydrogen-bond donors (Lipinski definition) is 1. The first kappa shape index (κ1) is 22.7. The fourth-order valence-corrected chi connectivity index (χ4v) is 3.59. The highest BCUT2D eigenvalue weighted by molar-refractivity contribution is 6.39. The molecule has 2 aromatic carbocycles. The highest BCUT2D eigenvalue weighted by Crippen LogP contribution is 2.38.